The number of aryl methyl sites for hydroxylation is 2. The van der Waals surface area contributed by atoms with E-state index in [1.165, 1.54) is 12.1 Å². The molecular weight excluding hydrogens is 353 g/mol. The van der Waals surface area contributed by atoms with Crippen molar-refractivity contribution in [3.63, 3.8) is 0 Å². The number of halogens is 2. The Morgan fingerprint density at radius 2 is 1.92 bits per heavy atom. The van der Waals surface area contributed by atoms with E-state index < -0.39 is 5.82 Å². The van der Waals surface area contributed by atoms with Crippen LogP contribution in [0.3, 0.4) is 0 Å². The molecule has 6 heteroatoms. The number of nitrogens with zero attached hydrogens (tertiary/aromatic N) is 2. The van der Waals surface area contributed by atoms with Crippen molar-refractivity contribution in [2.45, 2.75) is 27.2 Å². The Hall–Kier alpha value is -2.66. The maximum atomic E-state index is 13.7. The lowest BCUT2D eigenvalue weighted by Crippen LogP contribution is -2.16. The number of para-hydroxylation sites is 1. The highest BCUT2D eigenvalue weighted by atomic mass is 35.5. The first-order valence-corrected chi connectivity index (χ1v) is 8.60. The number of nitrogens with one attached hydrogen (secondary N) is 1. The van der Waals surface area contributed by atoms with Crippen LogP contribution in [0.4, 0.5) is 10.1 Å². The Bertz CT molecular complexity index is 981. The maximum absolute atomic E-state index is 13.7. The summed E-state index contributed by atoms with van der Waals surface area (Å²) in [6.45, 7) is 5.69. The largest absolute Gasteiger partial charge is 0.323 e. The van der Waals surface area contributed by atoms with Crippen LogP contribution in [0.15, 0.2) is 42.5 Å². The molecule has 0 atom stereocenters. The highest BCUT2D eigenvalue weighted by Gasteiger charge is 2.17. The molecule has 1 N–H and O–H groups in total. The molecule has 0 saturated heterocycles. The number of anilines is 1. The van der Waals surface area contributed by atoms with E-state index in [9.17, 15) is 9.18 Å². The molecule has 3 aromatic rings. The molecule has 0 aliphatic heterocycles. The van der Waals surface area contributed by atoms with Crippen molar-refractivity contribution in [1.82, 2.24) is 9.78 Å². The number of hydrogen-bond acceptors (Lipinski definition) is 2. The lowest BCUT2D eigenvalue weighted by atomic mass is 10.1. The minimum Gasteiger partial charge on any atom is -0.323 e. The van der Waals surface area contributed by atoms with Gasteiger partial charge in [0, 0.05) is 16.3 Å². The van der Waals surface area contributed by atoms with E-state index in [1.54, 1.807) is 16.8 Å². The summed E-state index contributed by atoms with van der Waals surface area (Å²) in [7, 11) is 0. The molecule has 1 heterocycles. The molecule has 0 aliphatic carbocycles. The van der Waals surface area contributed by atoms with Gasteiger partial charge < -0.3 is 5.32 Å². The fraction of sp³-hybridized carbons (Fsp3) is 0.200. The predicted octanol–water partition coefficient (Wildman–Crippen LogP) is 4.77. The lowest BCUT2D eigenvalue weighted by molar-refractivity contribution is -0.115. The van der Waals surface area contributed by atoms with Gasteiger partial charge in [-0.05, 0) is 50.6 Å². The SMILES string of the molecule is Cc1ccc(-n2nc(C)c(CC(=O)Nc3ccccc3F)c2C)cc1Cl. The van der Waals surface area contributed by atoms with Crippen LogP contribution in [0.5, 0.6) is 0 Å². The molecule has 2 aromatic carbocycles. The second-order valence-corrected chi connectivity index (χ2v) is 6.61. The molecule has 0 spiro atoms. The molecule has 0 unspecified atom stereocenters. The number of hydrogen-bond donors (Lipinski definition) is 1. The van der Waals surface area contributed by atoms with E-state index in [2.05, 4.69) is 10.4 Å². The van der Waals surface area contributed by atoms with Crippen molar-refractivity contribution in [2.24, 2.45) is 0 Å². The third-order valence-corrected chi connectivity index (χ3v) is 4.73. The normalized spacial score (nSPS) is 10.8. The zero-order chi connectivity index (χ0) is 18.8. The Morgan fingerprint density at radius 1 is 1.19 bits per heavy atom. The first-order chi connectivity index (χ1) is 12.4. The summed E-state index contributed by atoms with van der Waals surface area (Å²) in [6, 6.07) is 11.8. The van der Waals surface area contributed by atoms with E-state index in [-0.39, 0.29) is 18.0 Å². The zero-order valence-electron chi connectivity index (χ0n) is 14.8. The summed E-state index contributed by atoms with van der Waals surface area (Å²) in [4.78, 5) is 12.3. The van der Waals surface area contributed by atoms with Gasteiger partial charge in [-0.3, -0.25) is 4.79 Å². The Balaban J connectivity index is 1.85. The maximum Gasteiger partial charge on any atom is 0.229 e. The Kier molecular flexibility index (Phi) is 5.09. The first-order valence-electron chi connectivity index (χ1n) is 8.23. The third kappa shape index (κ3) is 3.63. The second kappa shape index (κ2) is 7.30. The molecule has 0 bridgehead atoms. The van der Waals surface area contributed by atoms with E-state index in [4.69, 9.17) is 11.6 Å². The van der Waals surface area contributed by atoms with Crippen molar-refractivity contribution in [1.29, 1.82) is 0 Å². The molecule has 0 aliphatic rings. The van der Waals surface area contributed by atoms with Crippen LogP contribution in [-0.4, -0.2) is 15.7 Å². The van der Waals surface area contributed by atoms with Gasteiger partial charge in [0.2, 0.25) is 5.91 Å². The summed E-state index contributed by atoms with van der Waals surface area (Å²) in [5, 5.41) is 7.80. The Morgan fingerprint density at radius 3 is 2.62 bits per heavy atom. The van der Waals surface area contributed by atoms with Crippen LogP contribution < -0.4 is 5.32 Å². The Labute approximate surface area is 156 Å². The predicted molar refractivity (Wildman–Crippen MR) is 102 cm³/mol. The van der Waals surface area contributed by atoms with Crippen LogP contribution in [0.1, 0.15) is 22.5 Å². The monoisotopic (exact) mass is 371 g/mol. The molecule has 4 nitrogen and oxygen atoms in total. The number of carbonyl (C=O) groups excluding carboxylic acids is 1. The molecule has 26 heavy (non-hydrogen) atoms. The van der Waals surface area contributed by atoms with Crippen LogP contribution in [0.25, 0.3) is 5.69 Å². The van der Waals surface area contributed by atoms with E-state index in [0.29, 0.717) is 5.02 Å². The minimum atomic E-state index is -0.459. The average molecular weight is 372 g/mol. The highest BCUT2D eigenvalue weighted by Crippen LogP contribution is 2.23. The lowest BCUT2D eigenvalue weighted by Gasteiger charge is -2.08. The van der Waals surface area contributed by atoms with Crippen LogP contribution in [0.2, 0.25) is 5.02 Å². The van der Waals surface area contributed by atoms with Gasteiger partial charge in [0.25, 0.3) is 0 Å². The number of aromatic nitrogens is 2. The summed E-state index contributed by atoms with van der Waals surface area (Å²) in [6.07, 6.45) is 0.117. The molecular formula is C20H19ClFN3O. The van der Waals surface area contributed by atoms with Crippen molar-refractivity contribution in [3.8, 4) is 5.69 Å². The smallest absolute Gasteiger partial charge is 0.229 e. The second-order valence-electron chi connectivity index (χ2n) is 6.20. The van der Waals surface area contributed by atoms with Gasteiger partial charge in [-0.1, -0.05) is 29.8 Å². The zero-order valence-corrected chi connectivity index (χ0v) is 15.6. The molecule has 3 rings (SSSR count). The van der Waals surface area contributed by atoms with Gasteiger partial charge >= 0.3 is 0 Å². The minimum absolute atomic E-state index is 0.117. The first kappa shape index (κ1) is 18.1. The number of rotatable bonds is 4. The van der Waals surface area contributed by atoms with E-state index >= 15 is 0 Å². The molecule has 134 valence electrons. The van der Waals surface area contributed by atoms with Crippen molar-refractivity contribution in [3.05, 3.63) is 75.8 Å². The third-order valence-electron chi connectivity index (χ3n) is 4.33. The van der Waals surface area contributed by atoms with Gasteiger partial charge in [0.05, 0.1) is 23.5 Å². The van der Waals surface area contributed by atoms with E-state index in [0.717, 1.165) is 28.2 Å². The summed E-state index contributed by atoms with van der Waals surface area (Å²) in [5.74, 6) is -0.748. The fourth-order valence-electron chi connectivity index (χ4n) is 2.81. The number of benzene rings is 2. The van der Waals surface area contributed by atoms with Crippen molar-refractivity contribution < 1.29 is 9.18 Å². The van der Waals surface area contributed by atoms with Crippen LogP contribution in [0, 0.1) is 26.6 Å². The molecule has 0 saturated carbocycles. The number of carbonyl (C=O) groups is 1. The van der Waals surface area contributed by atoms with Crippen molar-refractivity contribution >= 4 is 23.2 Å². The number of amides is 1. The molecule has 0 fully saturated rings. The van der Waals surface area contributed by atoms with Crippen LogP contribution >= 0.6 is 11.6 Å². The standard InChI is InChI=1S/C20H19ClFN3O/c1-12-8-9-15(10-17(12)21)25-14(3)16(13(2)24-25)11-20(26)23-19-7-5-4-6-18(19)22/h4-10H,11H2,1-3H3,(H,23,26). The highest BCUT2D eigenvalue weighted by molar-refractivity contribution is 6.31. The topological polar surface area (TPSA) is 46.9 Å². The quantitative estimate of drug-likeness (QED) is 0.718. The average Bonchev–Trinajstić information content (AvgIpc) is 2.87. The van der Waals surface area contributed by atoms with Gasteiger partial charge in [-0.25, -0.2) is 9.07 Å². The van der Waals surface area contributed by atoms with Gasteiger partial charge in [-0.2, -0.15) is 5.10 Å². The molecule has 1 amide bonds. The molecule has 1 aromatic heterocycles. The molecule has 0 radical (unpaired) electrons. The van der Waals surface area contributed by atoms with Gasteiger partial charge in [-0.15, -0.1) is 0 Å². The van der Waals surface area contributed by atoms with Gasteiger partial charge in [0.1, 0.15) is 5.82 Å². The van der Waals surface area contributed by atoms with Crippen molar-refractivity contribution in [2.75, 3.05) is 5.32 Å². The summed E-state index contributed by atoms with van der Waals surface area (Å²) in [5.41, 5.74) is 4.42. The van der Waals surface area contributed by atoms with Crippen LogP contribution in [-0.2, 0) is 11.2 Å². The summed E-state index contributed by atoms with van der Waals surface area (Å²) < 4.78 is 15.5. The van der Waals surface area contributed by atoms with Gasteiger partial charge in [0.15, 0.2) is 0 Å². The summed E-state index contributed by atoms with van der Waals surface area (Å²) >= 11 is 6.21. The fourth-order valence-corrected chi connectivity index (χ4v) is 2.99. The van der Waals surface area contributed by atoms with E-state index in [1.807, 2.05) is 39.0 Å².